The number of phenolic OH excluding ortho intramolecular Hbond substituents is 1. The molecule has 1 aromatic carbocycles. The summed E-state index contributed by atoms with van der Waals surface area (Å²) in [5.41, 5.74) is 0.136. The number of nitrogens with zero attached hydrogens (tertiary/aromatic N) is 3. The normalized spacial score (nSPS) is 12.0. The van der Waals surface area contributed by atoms with Gasteiger partial charge in [0.25, 0.3) is 5.91 Å². The number of aromatic hydroxyl groups is 1. The minimum absolute atomic E-state index is 0.159. The zero-order valence-electron chi connectivity index (χ0n) is 14.2. The Morgan fingerprint density at radius 2 is 1.88 bits per heavy atom. The number of rotatable bonds is 4. The van der Waals surface area contributed by atoms with Gasteiger partial charge < -0.3 is 25.2 Å². The first kappa shape index (κ1) is 18.0. The molecule has 8 nitrogen and oxygen atoms in total. The Balaban J connectivity index is 2.36. The Kier molecular flexibility index (Phi) is 4.95. The summed E-state index contributed by atoms with van der Waals surface area (Å²) in [5.74, 6) is 0.0547. The Morgan fingerprint density at radius 1 is 1.25 bits per heavy atom. The highest BCUT2D eigenvalue weighted by molar-refractivity contribution is 7.14. The molecule has 0 spiro atoms. The van der Waals surface area contributed by atoms with E-state index in [2.05, 4.69) is 19.4 Å². The molecule has 1 unspecified atom stereocenters. The Labute approximate surface area is 143 Å². The van der Waals surface area contributed by atoms with Crippen molar-refractivity contribution in [3.8, 4) is 5.75 Å². The number of hydrogen-bond acceptors (Lipinski definition) is 7. The van der Waals surface area contributed by atoms with Gasteiger partial charge in [0, 0.05) is 28.4 Å². The molecule has 0 aliphatic heterocycles. The number of aromatic nitrogens is 2. The van der Waals surface area contributed by atoms with Gasteiger partial charge in [-0.3, -0.25) is 4.79 Å². The van der Waals surface area contributed by atoms with E-state index in [-0.39, 0.29) is 34.3 Å². The number of para-hydroxylation sites is 1. The number of phenols is 1. The molecule has 3 N–H and O–H groups in total. The molecule has 0 bridgehead atoms. The minimum Gasteiger partial charge on any atom is -0.546 e. The van der Waals surface area contributed by atoms with E-state index >= 15 is 0 Å². The van der Waals surface area contributed by atoms with E-state index in [1.54, 1.807) is 26.2 Å². The van der Waals surface area contributed by atoms with Gasteiger partial charge in [-0.25, -0.2) is 0 Å². The smallest absolute Gasteiger partial charge is 0.257 e. The monoisotopic (exact) mass is 351 g/mol. The predicted molar refractivity (Wildman–Crippen MR) is 93.5 cm³/mol. The second kappa shape index (κ2) is 6.62. The number of carbonyl (C=O) groups is 1. The third-order valence-corrected chi connectivity index (χ3v) is 3.66. The van der Waals surface area contributed by atoms with E-state index < -0.39 is 11.1 Å². The largest absolute Gasteiger partial charge is 0.546 e. The van der Waals surface area contributed by atoms with Crippen molar-refractivity contribution in [2.45, 2.75) is 26.3 Å². The molecule has 0 saturated carbocycles. The number of nitrogens with one attached hydrogen (secondary N) is 2. The van der Waals surface area contributed by atoms with E-state index in [4.69, 9.17) is 0 Å². The first-order chi connectivity index (χ1) is 11.1. The average molecular weight is 351 g/mol. The fraction of sp³-hybridized carbons (Fsp3) is 0.400. The molecule has 2 rings (SSSR count). The molecule has 1 amide bonds. The van der Waals surface area contributed by atoms with Gasteiger partial charge >= 0.3 is 0 Å². The maximum atomic E-state index is 12.1. The number of anilines is 3. The molecule has 1 heterocycles. The number of carbonyl (C=O) groups excluding carboxylic acids is 1. The lowest BCUT2D eigenvalue weighted by Gasteiger charge is -2.20. The van der Waals surface area contributed by atoms with Crippen LogP contribution in [0.1, 0.15) is 31.1 Å². The van der Waals surface area contributed by atoms with Crippen LogP contribution < -0.4 is 10.6 Å². The molecule has 2 aromatic rings. The van der Waals surface area contributed by atoms with Crippen molar-refractivity contribution < 1.29 is 14.5 Å². The van der Waals surface area contributed by atoms with Crippen LogP contribution in [0.15, 0.2) is 18.2 Å². The Hall–Kier alpha value is -2.39. The summed E-state index contributed by atoms with van der Waals surface area (Å²) in [6.45, 7) is 5.80. The van der Waals surface area contributed by atoms with Crippen molar-refractivity contribution in [1.29, 1.82) is 0 Å². The summed E-state index contributed by atoms with van der Waals surface area (Å²) >= 11 is -1.73. The van der Waals surface area contributed by atoms with E-state index in [0.717, 1.165) is 0 Å². The van der Waals surface area contributed by atoms with Gasteiger partial charge in [0.05, 0.1) is 11.3 Å². The fourth-order valence-corrected chi connectivity index (χ4v) is 2.59. The SMILES string of the molecule is CN(C)C(=O)c1cccc(Nc2n[s+]([O-])nc2NC(C)(C)C)c1O. The van der Waals surface area contributed by atoms with Crippen LogP contribution in [-0.2, 0) is 0 Å². The summed E-state index contributed by atoms with van der Waals surface area (Å²) in [4.78, 5) is 13.5. The van der Waals surface area contributed by atoms with Crippen molar-refractivity contribution in [3.63, 3.8) is 0 Å². The zero-order chi connectivity index (χ0) is 18.1. The van der Waals surface area contributed by atoms with Crippen molar-refractivity contribution >= 4 is 34.4 Å². The Morgan fingerprint density at radius 3 is 2.46 bits per heavy atom. The molecule has 0 fully saturated rings. The second-order valence-electron chi connectivity index (χ2n) is 6.51. The van der Waals surface area contributed by atoms with Gasteiger partial charge in [-0.15, -0.1) is 0 Å². The van der Waals surface area contributed by atoms with Crippen molar-refractivity contribution in [1.82, 2.24) is 13.6 Å². The molecule has 0 aliphatic rings. The molecule has 130 valence electrons. The van der Waals surface area contributed by atoms with Crippen LogP contribution in [0.5, 0.6) is 5.75 Å². The number of amides is 1. The molecule has 1 atom stereocenters. The van der Waals surface area contributed by atoms with E-state index in [9.17, 15) is 14.5 Å². The average Bonchev–Trinajstić information content (AvgIpc) is 2.78. The van der Waals surface area contributed by atoms with E-state index in [1.165, 1.54) is 11.0 Å². The van der Waals surface area contributed by atoms with Crippen molar-refractivity contribution in [3.05, 3.63) is 23.8 Å². The highest BCUT2D eigenvalue weighted by Gasteiger charge is 2.23. The summed E-state index contributed by atoms with van der Waals surface area (Å²) in [5, 5.41) is 16.3. The summed E-state index contributed by atoms with van der Waals surface area (Å²) < 4.78 is 19.4. The first-order valence-corrected chi connectivity index (χ1v) is 8.33. The van der Waals surface area contributed by atoms with E-state index in [1.807, 2.05) is 20.8 Å². The van der Waals surface area contributed by atoms with E-state index in [0.29, 0.717) is 5.82 Å². The quantitative estimate of drug-likeness (QED) is 0.573. The maximum Gasteiger partial charge on any atom is 0.257 e. The molecule has 0 radical (unpaired) electrons. The predicted octanol–water partition coefficient (Wildman–Crippen LogP) is 2.57. The van der Waals surface area contributed by atoms with Crippen LogP contribution in [-0.4, -0.2) is 48.8 Å². The standard InChI is InChI=1S/C15H21N5O3S/c1-15(2,3)17-13-12(18-24(23)19-13)16-10-8-6-7-9(11(10)21)14(22)20(4)5/h6-8,21H,1-5H3,(H,16,18)(H,17,19). The lowest BCUT2D eigenvalue weighted by molar-refractivity contribution is 0.0824. The molecule has 9 heteroatoms. The third kappa shape index (κ3) is 4.12. The zero-order valence-corrected chi connectivity index (χ0v) is 15.1. The maximum absolute atomic E-state index is 12.1. The van der Waals surface area contributed by atoms with Crippen LogP contribution in [0.4, 0.5) is 17.3 Å². The van der Waals surface area contributed by atoms with Crippen LogP contribution in [0.3, 0.4) is 0 Å². The minimum atomic E-state index is -1.73. The van der Waals surface area contributed by atoms with Crippen LogP contribution >= 0.6 is 11.1 Å². The Bertz CT molecular complexity index is 752. The topological polar surface area (TPSA) is 113 Å². The molecule has 0 aliphatic carbocycles. The van der Waals surface area contributed by atoms with Crippen LogP contribution in [0.25, 0.3) is 0 Å². The molecule has 24 heavy (non-hydrogen) atoms. The van der Waals surface area contributed by atoms with Gasteiger partial charge in [-0.2, -0.15) is 0 Å². The van der Waals surface area contributed by atoms with Gasteiger partial charge in [-0.05, 0) is 32.9 Å². The molecule has 0 saturated heterocycles. The lowest BCUT2D eigenvalue weighted by Crippen LogP contribution is -2.26. The molecular weight excluding hydrogens is 330 g/mol. The van der Waals surface area contributed by atoms with Gasteiger partial charge in [0.1, 0.15) is 0 Å². The van der Waals surface area contributed by atoms with Gasteiger partial charge in [0.2, 0.25) is 11.6 Å². The fourth-order valence-electron chi connectivity index (χ4n) is 1.97. The molecule has 1 aromatic heterocycles. The van der Waals surface area contributed by atoms with Crippen molar-refractivity contribution in [2.75, 3.05) is 24.7 Å². The summed E-state index contributed by atoms with van der Waals surface area (Å²) in [6.07, 6.45) is 0. The third-order valence-electron chi connectivity index (χ3n) is 2.98. The number of benzene rings is 1. The van der Waals surface area contributed by atoms with Crippen molar-refractivity contribution in [2.24, 2.45) is 0 Å². The van der Waals surface area contributed by atoms with Gasteiger partial charge in [0.15, 0.2) is 16.9 Å². The number of hydrogen-bond donors (Lipinski definition) is 3. The van der Waals surface area contributed by atoms with Gasteiger partial charge in [-0.1, -0.05) is 6.07 Å². The highest BCUT2D eigenvalue weighted by Crippen LogP contribution is 2.34. The molecular formula is C15H21N5O3S. The second-order valence-corrected chi connectivity index (χ2v) is 7.34. The van der Waals surface area contributed by atoms with Crippen LogP contribution in [0.2, 0.25) is 0 Å². The first-order valence-electron chi connectivity index (χ1n) is 7.27. The van der Waals surface area contributed by atoms with Crippen LogP contribution in [0, 0.1) is 0 Å². The highest BCUT2D eigenvalue weighted by atomic mass is 32.2. The lowest BCUT2D eigenvalue weighted by atomic mass is 10.1. The summed E-state index contributed by atoms with van der Waals surface area (Å²) in [7, 11) is 3.20. The summed E-state index contributed by atoms with van der Waals surface area (Å²) in [6, 6.07) is 4.76.